The van der Waals surface area contributed by atoms with Crippen molar-refractivity contribution in [3.05, 3.63) is 81.9 Å². The Labute approximate surface area is 183 Å². The molecule has 0 atom stereocenters. The molecule has 0 aliphatic carbocycles. The maximum Gasteiger partial charge on any atom is 0.264 e. The van der Waals surface area contributed by atoms with Crippen LogP contribution in [-0.4, -0.2) is 28.5 Å². The van der Waals surface area contributed by atoms with Gasteiger partial charge < -0.3 is 10.1 Å². The van der Waals surface area contributed by atoms with Gasteiger partial charge in [-0.1, -0.05) is 18.2 Å². The smallest absolute Gasteiger partial charge is 0.264 e. The SMILES string of the molecule is COc1ccc(C(=O)Nc2ccc(S(=O)(=O)N(C)c3ccccc3)cc2)cc1I. The van der Waals surface area contributed by atoms with Gasteiger partial charge in [-0.25, -0.2) is 8.42 Å². The number of amides is 1. The van der Waals surface area contributed by atoms with Crippen molar-refractivity contribution in [2.75, 3.05) is 23.8 Å². The van der Waals surface area contributed by atoms with E-state index in [1.54, 1.807) is 61.7 Å². The second-order valence-electron chi connectivity index (χ2n) is 6.14. The van der Waals surface area contributed by atoms with Crippen LogP contribution in [0.4, 0.5) is 11.4 Å². The van der Waals surface area contributed by atoms with Crippen molar-refractivity contribution in [3.63, 3.8) is 0 Å². The summed E-state index contributed by atoms with van der Waals surface area (Å²) in [6, 6.07) is 20.0. The number of carbonyl (C=O) groups is 1. The lowest BCUT2D eigenvalue weighted by Crippen LogP contribution is -2.26. The number of rotatable bonds is 6. The van der Waals surface area contributed by atoms with Crippen LogP contribution in [0.2, 0.25) is 0 Å². The van der Waals surface area contributed by atoms with Gasteiger partial charge in [-0.3, -0.25) is 9.10 Å². The molecular weight excluding hydrogens is 503 g/mol. The molecule has 0 aliphatic rings. The third-order valence-electron chi connectivity index (χ3n) is 4.30. The molecular formula is C21H19IN2O4S. The normalized spacial score (nSPS) is 11.0. The molecule has 8 heteroatoms. The van der Waals surface area contributed by atoms with Gasteiger partial charge >= 0.3 is 0 Å². The summed E-state index contributed by atoms with van der Waals surface area (Å²) in [5, 5.41) is 2.77. The van der Waals surface area contributed by atoms with E-state index in [1.165, 1.54) is 23.5 Å². The Kier molecular flexibility index (Phi) is 6.43. The predicted octanol–water partition coefficient (Wildman–Crippen LogP) is 4.38. The first kappa shape index (κ1) is 21.1. The lowest BCUT2D eigenvalue weighted by molar-refractivity contribution is 0.102. The summed E-state index contributed by atoms with van der Waals surface area (Å²) in [5.41, 5.74) is 1.55. The average Bonchev–Trinajstić information content (AvgIpc) is 2.74. The second-order valence-corrected chi connectivity index (χ2v) is 9.27. The summed E-state index contributed by atoms with van der Waals surface area (Å²) < 4.78 is 32.9. The molecule has 3 aromatic carbocycles. The number of para-hydroxylation sites is 1. The highest BCUT2D eigenvalue weighted by Crippen LogP contribution is 2.24. The number of hydrogen-bond donors (Lipinski definition) is 1. The predicted molar refractivity (Wildman–Crippen MR) is 122 cm³/mol. The highest BCUT2D eigenvalue weighted by atomic mass is 127. The van der Waals surface area contributed by atoms with Crippen LogP contribution in [0.5, 0.6) is 5.75 Å². The van der Waals surface area contributed by atoms with Gasteiger partial charge in [0.05, 0.1) is 21.3 Å². The maximum atomic E-state index is 12.8. The van der Waals surface area contributed by atoms with Crippen LogP contribution in [-0.2, 0) is 10.0 Å². The molecule has 0 heterocycles. The van der Waals surface area contributed by atoms with E-state index in [0.717, 1.165) is 3.57 Å². The molecule has 0 unspecified atom stereocenters. The van der Waals surface area contributed by atoms with Gasteiger partial charge in [-0.15, -0.1) is 0 Å². The van der Waals surface area contributed by atoms with Crippen molar-refractivity contribution in [2.45, 2.75) is 4.90 Å². The number of sulfonamides is 1. The zero-order valence-corrected chi connectivity index (χ0v) is 18.8. The molecule has 0 aromatic heterocycles. The number of anilines is 2. The van der Waals surface area contributed by atoms with E-state index in [0.29, 0.717) is 22.7 Å². The van der Waals surface area contributed by atoms with Crippen LogP contribution >= 0.6 is 22.6 Å². The number of nitrogens with one attached hydrogen (secondary N) is 1. The molecule has 0 saturated carbocycles. The van der Waals surface area contributed by atoms with Gasteiger partial charge in [0.2, 0.25) is 0 Å². The van der Waals surface area contributed by atoms with E-state index in [1.807, 2.05) is 6.07 Å². The molecule has 0 aliphatic heterocycles. The van der Waals surface area contributed by atoms with E-state index in [2.05, 4.69) is 27.9 Å². The van der Waals surface area contributed by atoms with Crippen molar-refractivity contribution < 1.29 is 17.9 Å². The molecule has 0 fully saturated rings. The third-order valence-corrected chi connectivity index (χ3v) is 6.95. The van der Waals surface area contributed by atoms with E-state index in [9.17, 15) is 13.2 Å². The molecule has 29 heavy (non-hydrogen) atoms. The molecule has 150 valence electrons. The summed E-state index contributed by atoms with van der Waals surface area (Å²) in [6.45, 7) is 0. The molecule has 1 N–H and O–H groups in total. The first-order valence-corrected chi connectivity index (χ1v) is 11.1. The Bertz CT molecular complexity index is 1120. The second kappa shape index (κ2) is 8.83. The van der Waals surface area contributed by atoms with Crippen LogP contribution in [0.15, 0.2) is 77.7 Å². The fourth-order valence-electron chi connectivity index (χ4n) is 2.66. The quantitative estimate of drug-likeness (QED) is 0.488. The van der Waals surface area contributed by atoms with E-state index in [4.69, 9.17) is 4.74 Å². The Morgan fingerprint density at radius 3 is 2.24 bits per heavy atom. The van der Waals surface area contributed by atoms with Gasteiger partial charge in [0.1, 0.15) is 5.75 Å². The van der Waals surface area contributed by atoms with Gasteiger partial charge in [-0.05, 0) is 77.2 Å². The number of carbonyl (C=O) groups excluding carboxylic acids is 1. The zero-order valence-electron chi connectivity index (χ0n) is 15.8. The lowest BCUT2D eigenvalue weighted by Gasteiger charge is -2.19. The van der Waals surface area contributed by atoms with Crippen LogP contribution in [0.1, 0.15) is 10.4 Å². The molecule has 0 spiro atoms. The average molecular weight is 522 g/mol. The molecule has 0 saturated heterocycles. The Morgan fingerprint density at radius 1 is 1.00 bits per heavy atom. The summed E-state index contributed by atoms with van der Waals surface area (Å²) in [5.74, 6) is 0.404. The van der Waals surface area contributed by atoms with Crippen molar-refractivity contribution in [3.8, 4) is 5.75 Å². The molecule has 6 nitrogen and oxygen atoms in total. The van der Waals surface area contributed by atoms with Gasteiger partial charge in [0.15, 0.2) is 0 Å². The fraction of sp³-hybridized carbons (Fsp3) is 0.0952. The number of nitrogens with zero attached hydrogens (tertiary/aromatic N) is 1. The number of ether oxygens (including phenoxy) is 1. The monoisotopic (exact) mass is 522 g/mol. The van der Waals surface area contributed by atoms with Gasteiger partial charge in [0.25, 0.3) is 15.9 Å². The molecule has 0 radical (unpaired) electrons. The van der Waals surface area contributed by atoms with E-state index in [-0.39, 0.29) is 10.8 Å². The Balaban J connectivity index is 1.76. The van der Waals surface area contributed by atoms with Crippen molar-refractivity contribution in [1.82, 2.24) is 0 Å². The van der Waals surface area contributed by atoms with Gasteiger partial charge in [-0.2, -0.15) is 0 Å². The van der Waals surface area contributed by atoms with Crippen molar-refractivity contribution >= 4 is 49.9 Å². The highest BCUT2D eigenvalue weighted by molar-refractivity contribution is 14.1. The van der Waals surface area contributed by atoms with Crippen molar-refractivity contribution in [2.24, 2.45) is 0 Å². The molecule has 3 aromatic rings. The van der Waals surface area contributed by atoms with Crippen LogP contribution in [0.3, 0.4) is 0 Å². The minimum absolute atomic E-state index is 0.140. The molecule has 3 rings (SSSR count). The highest BCUT2D eigenvalue weighted by Gasteiger charge is 2.21. The lowest BCUT2D eigenvalue weighted by atomic mass is 10.2. The third kappa shape index (κ3) is 4.70. The fourth-order valence-corrected chi connectivity index (χ4v) is 4.59. The summed E-state index contributed by atoms with van der Waals surface area (Å²) in [7, 11) is -0.620. The molecule has 1 amide bonds. The first-order chi connectivity index (χ1) is 13.8. The van der Waals surface area contributed by atoms with E-state index < -0.39 is 10.0 Å². The van der Waals surface area contributed by atoms with E-state index >= 15 is 0 Å². The van der Waals surface area contributed by atoms with Crippen molar-refractivity contribution in [1.29, 1.82) is 0 Å². The zero-order chi connectivity index (χ0) is 21.0. The summed E-state index contributed by atoms with van der Waals surface area (Å²) in [6.07, 6.45) is 0. The Hall–Kier alpha value is -2.59. The van der Waals surface area contributed by atoms with Crippen LogP contribution in [0, 0.1) is 3.57 Å². The summed E-state index contributed by atoms with van der Waals surface area (Å²) >= 11 is 2.10. The van der Waals surface area contributed by atoms with Gasteiger partial charge in [0, 0.05) is 18.3 Å². The Morgan fingerprint density at radius 2 is 1.66 bits per heavy atom. The maximum absolute atomic E-state index is 12.8. The van der Waals surface area contributed by atoms with Crippen LogP contribution < -0.4 is 14.4 Å². The minimum Gasteiger partial charge on any atom is -0.496 e. The van der Waals surface area contributed by atoms with Crippen LogP contribution in [0.25, 0.3) is 0 Å². The number of hydrogen-bond acceptors (Lipinski definition) is 4. The minimum atomic E-state index is -3.70. The molecule has 0 bridgehead atoms. The standard InChI is InChI=1S/C21H19IN2O4S/c1-24(17-6-4-3-5-7-17)29(26,27)18-11-9-16(10-12-18)23-21(25)15-8-13-20(28-2)19(22)14-15/h3-14H,1-2H3,(H,23,25). The topological polar surface area (TPSA) is 75.7 Å². The number of benzene rings is 3. The first-order valence-electron chi connectivity index (χ1n) is 8.62. The largest absolute Gasteiger partial charge is 0.496 e. The number of halogens is 1. The number of methoxy groups -OCH3 is 1. The summed E-state index contributed by atoms with van der Waals surface area (Å²) in [4.78, 5) is 12.6.